The summed E-state index contributed by atoms with van der Waals surface area (Å²) in [5, 5.41) is 15.3. The van der Waals surface area contributed by atoms with Crippen molar-refractivity contribution in [3.63, 3.8) is 0 Å². The van der Waals surface area contributed by atoms with Gasteiger partial charge in [-0.1, -0.05) is 22.9 Å². The first-order valence-electron chi connectivity index (χ1n) is 8.12. The summed E-state index contributed by atoms with van der Waals surface area (Å²) in [5.74, 6) is -0.246. The lowest BCUT2D eigenvalue weighted by atomic mass is 10.0. The fourth-order valence-corrected chi connectivity index (χ4v) is 3.35. The molecule has 7 heteroatoms. The van der Waals surface area contributed by atoms with Crippen LogP contribution < -0.4 is 10.6 Å². The summed E-state index contributed by atoms with van der Waals surface area (Å²) < 4.78 is 0.949. The lowest BCUT2D eigenvalue weighted by molar-refractivity contribution is -0.124. The SMILES string of the molecule is CC[C@@H]1CN(CC(=O)NCC(=O)Nc2ccc(Br)cc2C)C[C@H]1O. The predicted molar refractivity (Wildman–Crippen MR) is 96.7 cm³/mol. The smallest absolute Gasteiger partial charge is 0.243 e. The fourth-order valence-electron chi connectivity index (χ4n) is 2.87. The molecule has 0 spiro atoms. The summed E-state index contributed by atoms with van der Waals surface area (Å²) in [5.41, 5.74) is 1.67. The molecule has 0 saturated carbocycles. The monoisotopic (exact) mass is 397 g/mol. The molecule has 0 radical (unpaired) electrons. The molecule has 1 aromatic carbocycles. The average molecular weight is 398 g/mol. The minimum absolute atomic E-state index is 0.0675. The summed E-state index contributed by atoms with van der Waals surface area (Å²) in [7, 11) is 0. The molecular weight excluding hydrogens is 374 g/mol. The first-order chi connectivity index (χ1) is 11.4. The van der Waals surface area contributed by atoms with E-state index in [-0.39, 0.29) is 36.9 Å². The summed E-state index contributed by atoms with van der Waals surface area (Å²) >= 11 is 3.38. The molecule has 2 rings (SSSR count). The Hall–Kier alpha value is -1.44. The number of amides is 2. The summed E-state index contributed by atoms with van der Waals surface area (Å²) in [6.45, 7) is 5.30. The maximum Gasteiger partial charge on any atom is 0.243 e. The van der Waals surface area contributed by atoms with Gasteiger partial charge >= 0.3 is 0 Å². The van der Waals surface area contributed by atoms with Gasteiger partial charge in [0.25, 0.3) is 0 Å². The number of nitrogens with zero attached hydrogens (tertiary/aromatic N) is 1. The molecule has 1 aromatic rings. The van der Waals surface area contributed by atoms with Crippen LogP contribution in [0.3, 0.4) is 0 Å². The van der Waals surface area contributed by atoms with E-state index in [1.54, 1.807) is 0 Å². The number of aliphatic hydroxyl groups is 1. The second kappa shape index (κ2) is 8.60. The summed E-state index contributed by atoms with van der Waals surface area (Å²) in [6.07, 6.45) is 0.528. The molecule has 1 heterocycles. The van der Waals surface area contributed by atoms with E-state index in [2.05, 4.69) is 26.6 Å². The van der Waals surface area contributed by atoms with Crippen molar-refractivity contribution in [2.45, 2.75) is 26.4 Å². The Morgan fingerprint density at radius 1 is 1.33 bits per heavy atom. The third kappa shape index (κ3) is 5.29. The van der Waals surface area contributed by atoms with Crippen LogP contribution >= 0.6 is 15.9 Å². The van der Waals surface area contributed by atoms with E-state index in [1.807, 2.05) is 36.9 Å². The van der Waals surface area contributed by atoms with Gasteiger partial charge in [-0.3, -0.25) is 14.5 Å². The van der Waals surface area contributed by atoms with Crippen LogP contribution in [0, 0.1) is 12.8 Å². The molecular formula is C17H24BrN3O3. The first kappa shape index (κ1) is 18.9. The number of aliphatic hydroxyl groups excluding tert-OH is 1. The number of aryl methyl sites for hydroxylation is 1. The molecule has 1 aliphatic rings. The molecule has 0 unspecified atom stereocenters. The van der Waals surface area contributed by atoms with Gasteiger partial charge in [0.1, 0.15) is 0 Å². The van der Waals surface area contributed by atoms with Gasteiger partial charge in [0, 0.05) is 23.2 Å². The average Bonchev–Trinajstić information content (AvgIpc) is 2.87. The van der Waals surface area contributed by atoms with Crippen molar-refractivity contribution in [2.75, 3.05) is 31.5 Å². The third-order valence-corrected chi connectivity index (χ3v) is 4.78. The highest BCUT2D eigenvalue weighted by Crippen LogP contribution is 2.20. The Balaban J connectivity index is 1.74. The molecule has 6 nitrogen and oxygen atoms in total. The van der Waals surface area contributed by atoms with E-state index in [4.69, 9.17) is 0 Å². The van der Waals surface area contributed by atoms with Crippen LogP contribution in [0.25, 0.3) is 0 Å². The number of rotatable bonds is 6. The van der Waals surface area contributed by atoms with Crippen LogP contribution in [-0.2, 0) is 9.59 Å². The van der Waals surface area contributed by atoms with Gasteiger partial charge in [-0.2, -0.15) is 0 Å². The zero-order valence-corrected chi connectivity index (χ0v) is 15.6. The molecule has 1 fully saturated rings. The molecule has 132 valence electrons. The maximum absolute atomic E-state index is 12.0. The number of hydrogen-bond acceptors (Lipinski definition) is 4. The number of carbonyl (C=O) groups is 2. The number of β-amino-alcohol motifs (C(OH)–C–C–N with tert-alkyl or cyclic N) is 1. The van der Waals surface area contributed by atoms with Crippen molar-refractivity contribution in [1.82, 2.24) is 10.2 Å². The quantitative estimate of drug-likeness (QED) is 0.679. The van der Waals surface area contributed by atoms with Crippen LogP contribution in [0.15, 0.2) is 22.7 Å². The van der Waals surface area contributed by atoms with Gasteiger partial charge < -0.3 is 15.7 Å². The minimum atomic E-state index is -0.369. The highest BCUT2D eigenvalue weighted by molar-refractivity contribution is 9.10. The van der Waals surface area contributed by atoms with Crippen molar-refractivity contribution < 1.29 is 14.7 Å². The Morgan fingerprint density at radius 2 is 2.08 bits per heavy atom. The lowest BCUT2D eigenvalue weighted by Gasteiger charge is -2.15. The van der Waals surface area contributed by atoms with Crippen LogP contribution in [0.4, 0.5) is 5.69 Å². The Bertz CT molecular complexity index is 609. The Morgan fingerprint density at radius 3 is 2.71 bits per heavy atom. The van der Waals surface area contributed by atoms with Crippen LogP contribution in [0.1, 0.15) is 18.9 Å². The molecule has 3 N–H and O–H groups in total. The molecule has 1 saturated heterocycles. The summed E-state index contributed by atoms with van der Waals surface area (Å²) in [4.78, 5) is 25.8. The topological polar surface area (TPSA) is 81.7 Å². The van der Waals surface area contributed by atoms with Gasteiger partial charge in [-0.25, -0.2) is 0 Å². The molecule has 0 aromatic heterocycles. The zero-order chi connectivity index (χ0) is 17.7. The molecule has 1 aliphatic heterocycles. The molecule has 24 heavy (non-hydrogen) atoms. The van der Waals surface area contributed by atoms with Gasteiger partial charge in [-0.15, -0.1) is 0 Å². The normalized spacial score (nSPS) is 20.8. The minimum Gasteiger partial charge on any atom is -0.391 e. The van der Waals surface area contributed by atoms with Gasteiger partial charge in [0.2, 0.25) is 11.8 Å². The third-order valence-electron chi connectivity index (χ3n) is 4.28. The van der Waals surface area contributed by atoms with Crippen molar-refractivity contribution in [3.05, 3.63) is 28.2 Å². The number of likely N-dealkylation sites (tertiary alicyclic amines) is 1. The number of nitrogens with one attached hydrogen (secondary N) is 2. The first-order valence-corrected chi connectivity index (χ1v) is 8.91. The van der Waals surface area contributed by atoms with Crippen molar-refractivity contribution in [2.24, 2.45) is 5.92 Å². The number of anilines is 1. The zero-order valence-electron chi connectivity index (χ0n) is 14.0. The van der Waals surface area contributed by atoms with E-state index in [9.17, 15) is 14.7 Å². The molecule has 2 amide bonds. The number of benzene rings is 1. The molecule has 0 aliphatic carbocycles. The highest BCUT2D eigenvalue weighted by atomic mass is 79.9. The van der Waals surface area contributed by atoms with E-state index in [0.29, 0.717) is 6.54 Å². The molecule has 0 bridgehead atoms. The van der Waals surface area contributed by atoms with Gasteiger partial charge in [0.05, 0.1) is 19.2 Å². The van der Waals surface area contributed by atoms with Crippen molar-refractivity contribution in [3.8, 4) is 0 Å². The van der Waals surface area contributed by atoms with Gasteiger partial charge in [0.15, 0.2) is 0 Å². The predicted octanol–water partition coefficient (Wildman–Crippen LogP) is 1.51. The van der Waals surface area contributed by atoms with Gasteiger partial charge in [-0.05, 0) is 43.0 Å². The second-order valence-electron chi connectivity index (χ2n) is 6.21. The maximum atomic E-state index is 12.0. The van der Waals surface area contributed by atoms with E-state index >= 15 is 0 Å². The largest absolute Gasteiger partial charge is 0.391 e. The standard InChI is InChI=1S/C17H24BrN3O3/c1-3-12-8-21(9-15(12)22)10-17(24)19-7-16(23)20-14-5-4-13(18)6-11(14)2/h4-6,12,15,22H,3,7-10H2,1-2H3,(H,19,24)(H,20,23)/t12-,15-/m1/s1. The van der Waals surface area contributed by atoms with E-state index in [1.165, 1.54) is 0 Å². The van der Waals surface area contributed by atoms with E-state index < -0.39 is 0 Å². The number of hydrogen-bond donors (Lipinski definition) is 3. The molecule has 2 atom stereocenters. The van der Waals surface area contributed by atoms with E-state index in [0.717, 1.165) is 28.7 Å². The second-order valence-corrected chi connectivity index (χ2v) is 7.13. The Labute approximate surface area is 150 Å². The van der Waals surface area contributed by atoms with Crippen LogP contribution in [0.2, 0.25) is 0 Å². The lowest BCUT2D eigenvalue weighted by Crippen LogP contribution is -2.40. The van der Waals surface area contributed by atoms with Crippen LogP contribution in [0.5, 0.6) is 0 Å². The van der Waals surface area contributed by atoms with Crippen molar-refractivity contribution >= 4 is 33.4 Å². The Kier molecular flexibility index (Phi) is 6.77. The highest BCUT2D eigenvalue weighted by Gasteiger charge is 2.30. The number of carbonyl (C=O) groups excluding carboxylic acids is 2. The van der Waals surface area contributed by atoms with Crippen LogP contribution in [-0.4, -0.2) is 54.1 Å². The fraction of sp³-hybridized carbons (Fsp3) is 0.529. The summed E-state index contributed by atoms with van der Waals surface area (Å²) in [6, 6.07) is 5.58. The number of halogens is 1. The van der Waals surface area contributed by atoms with Crippen molar-refractivity contribution in [1.29, 1.82) is 0 Å².